The molecule has 0 radical (unpaired) electrons. The third-order valence-electron chi connectivity index (χ3n) is 4.78. The van der Waals surface area contributed by atoms with E-state index in [2.05, 4.69) is 30.3 Å². The predicted molar refractivity (Wildman–Crippen MR) is 100.0 cm³/mol. The Morgan fingerprint density at radius 3 is 2.21 bits per heavy atom. The summed E-state index contributed by atoms with van der Waals surface area (Å²) in [5.74, 6) is -0.153. The number of aryl methyl sites for hydroxylation is 1. The fraction of sp³-hybridized carbons (Fsp3) is 0.591. The lowest BCUT2D eigenvalue weighted by molar-refractivity contribution is -0.144. The van der Waals surface area contributed by atoms with Crippen LogP contribution in [0.3, 0.4) is 0 Å². The molecule has 0 aliphatic carbocycles. The van der Waals surface area contributed by atoms with E-state index in [0.717, 1.165) is 18.4 Å². The van der Waals surface area contributed by atoms with Crippen LogP contribution in [0.15, 0.2) is 42.0 Å². The standard InChI is InChI=1S/C22H32O2/c1-19-17-21(24-22(23)18-19)16-12-7-5-3-2-4-6-9-13-20-14-10-8-11-15-20/h8,10-11,14-15,18,21H,2-7,9,12-13,16-17H2,1H3/t21-/m1/s1. The number of carbonyl (C=O) groups excluding carboxylic acids is 1. The van der Waals surface area contributed by atoms with Crippen molar-refractivity contribution in [3.8, 4) is 0 Å². The van der Waals surface area contributed by atoms with E-state index in [1.165, 1.54) is 63.4 Å². The van der Waals surface area contributed by atoms with Gasteiger partial charge in [0.25, 0.3) is 0 Å². The van der Waals surface area contributed by atoms with Gasteiger partial charge in [-0.1, -0.05) is 74.4 Å². The molecule has 132 valence electrons. The highest BCUT2D eigenvalue weighted by molar-refractivity contribution is 5.83. The summed E-state index contributed by atoms with van der Waals surface area (Å²) >= 11 is 0. The highest BCUT2D eigenvalue weighted by Crippen LogP contribution is 2.20. The lowest BCUT2D eigenvalue weighted by Gasteiger charge is -2.21. The molecule has 24 heavy (non-hydrogen) atoms. The van der Waals surface area contributed by atoms with E-state index in [-0.39, 0.29) is 12.1 Å². The van der Waals surface area contributed by atoms with Crippen LogP contribution in [-0.2, 0) is 16.0 Å². The number of benzene rings is 1. The number of rotatable bonds is 11. The van der Waals surface area contributed by atoms with Gasteiger partial charge < -0.3 is 4.74 Å². The van der Waals surface area contributed by atoms with E-state index in [4.69, 9.17) is 4.74 Å². The summed E-state index contributed by atoms with van der Waals surface area (Å²) in [5.41, 5.74) is 2.62. The van der Waals surface area contributed by atoms with Crippen molar-refractivity contribution < 1.29 is 9.53 Å². The molecule has 2 nitrogen and oxygen atoms in total. The molecule has 0 fully saturated rings. The molecule has 0 unspecified atom stereocenters. The molecule has 1 aliphatic heterocycles. The van der Waals surface area contributed by atoms with Gasteiger partial charge in [0.15, 0.2) is 0 Å². The Morgan fingerprint density at radius 1 is 0.917 bits per heavy atom. The number of esters is 1. The summed E-state index contributed by atoms with van der Waals surface area (Å²) in [7, 11) is 0. The lowest BCUT2D eigenvalue weighted by Crippen LogP contribution is -2.21. The minimum Gasteiger partial charge on any atom is -0.459 e. The topological polar surface area (TPSA) is 26.3 Å². The van der Waals surface area contributed by atoms with E-state index in [9.17, 15) is 4.79 Å². The number of hydrogen-bond acceptors (Lipinski definition) is 2. The number of unbranched alkanes of at least 4 members (excludes halogenated alkanes) is 7. The van der Waals surface area contributed by atoms with Crippen molar-refractivity contribution in [1.29, 1.82) is 0 Å². The molecular formula is C22H32O2. The van der Waals surface area contributed by atoms with Crippen molar-refractivity contribution in [2.75, 3.05) is 0 Å². The van der Waals surface area contributed by atoms with Gasteiger partial charge in [0.2, 0.25) is 0 Å². The first kappa shape index (κ1) is 18.8. The minimum atomic E-state index is -0.153. The average Bonchev–Trinajstić information content (AvgIpc) is 2.56. The highest BCUT2D eigenvalue weighted by atomic mass is 16.5. The van der Waals surface area contributed by atoms with Gasteiger partial charge in [0, 0.05) is 12.5 Å². The summed E-state index contributed by atoms with van der Waals surface area (Å²) in [6, 6.07) is 10.8. The van der Waals surface area contributed by atoms with Gasteiger partial charge in [-0.25, -0.2) is 4.79 Å². The molecule has 0 saturated carbocycles. The first-order valence-corrected chi connectivity index (χ1v) is 9.66. The van der Waals surface area contributed by atoms with Gasteiger partial charge in [-0.2, -0.15) is 0 Å². The monoisotopic (exact) mass is 328 g/mol. The van der Waals surface area contributed by atoms with Gasteiger partial charge in [0.05, 0.1) is 0 Å². The second-order valence-electron chi connectivity index (χ2n) is 7.11. The summed E-state index contributed by atoms with van der Waals surface area (Å²) < 4.78 is 5.35. The van der Waals surface area contributed by atoms with Gasteiger partial charge in [-0.3, -0.25) is 0 Å². The third-order valence-corrected chi connectivity index (χ3v) is 4.78. The van der Waals surface area contributed by atoms with Crippen molar-refractivity contribution in [3.05, 3.63) is 47.5 Å². The SMILES string of the molecule is CC1=CC(=O)O[C@H](CCCCCCCCCCc2ccccc2)C1. The molecule has 0 saturated heterocycles. The molecule has 2 rings (SSSR count). The Labute approximate surface area is 147 Å². The molecule has 1 aromatic carbocycles. The zero-order valence-corrected chi connectivity index (χ0v) is 15.1. The van der Waals surface area contributed by atoms with Crippen LogP contribution in [0.2, 0.25) is 0 Å². The van der Waals surface area contributed by atoms with E-state index >= 15 is 0 Å². The highest BCUT2D eigenvalue weighted by Gasteiger charge is 2.18. The van der Waals surface area contributed by atoms with Gasteiger partial charge in [-0.15, -0.1) is 0 Å². The largest absolute Gasteiger partial charge is 0.459 e. The Kier molecular flexibility index (Phi) is 8.65. The molecule has 0 N–H and O–H groups in total. The Bertz CT molecular complexity index is 504. The van der Waals surface area contributed by atoms with Gasteiger partial charge >= 0.3 is 5.97 Å². The number of carbonyl (C=O) groups is 1. The van der Waals surface area contributed by atoms with Crippen LogP contribution in [0.25, 0.3) is 0 Å². The first-order chi connectivity index (χ1) is 11.7. The zero-order chi connectivity index (χ0) is 17.0. The Morgan fingerprint density at radius 2 is 1.54 bits per heavy atom. The van der Waals surface area contributed by atoms with E-state index in [1.807, 2.05) is 6.92 Å². The van der Waals surface area contributed by atoms with Crippen LogP contribution in [0.1, 0.15) is 76.7 Å². The van der Waals surface area contributed by atoms with Crippen LogP contribution in [0.4, 0.5) is 0 Å². The fourth-order valence-corrected chi connectivity index (χ4v) is 3.43. The molecule has 0 aromatic heterocycles. The number of cyclic esters (lactones) is 1. The van der Waals surface area contributed by atoms with E-state index < -0.39 is 0 Å². The fourth-order valence-electron chi connectivity index (χ4n) is 3.43. The van der Waals surface area contributed by atoms with Crippen LogP contribution < -0.4 is 0 Å². The molecule has 0 amide bonds. The molecule has 0 bridgehead atoms. The normalized spacial score (nSPS) is 17.5. The molecule has 1 aromatic rings. The van der Waals surface area contributed by atoms with E-state index in [1.54, 1.807) is 6.08 Å². The maximum Gasteiger partial charge on any atom is 0.330 e. The second kappa shape index (κ2) is 11.1. The first-order valence-electron chi connectivity index (χ1n) is 9.66. The maximum absolute atomic E-state index is 11.3. The average molecular weight is 328 g/mol. The van der Waals surface area contributed by atoms with Crippen molar-refractivity contribution in [2.45, 2.75) is 83.7 Å². The second-order valence-corrected chi connectivity index (χ2v) is 7.11. The van der Waals surface area contributed by atoms with Crippen molar-refractivity contribution in [2.24, 2.45) is 0 Å². The summed E-state index contributed by atoms with van der Waals surface area (Å²) in [6.45, 7) is 2.02. The van der Waals surface area contributed by atoms with Crippen molar-refractivity contribution in [3.63, 3.8) is 0 Å². The summed E-state index contributed by atoms with van der Waals surface area (Å²) in [5, 5.41) is 0. The molecule has 2 heteroatoms. The summed E-state index contributed by atoms with van der Waals surface area (Å²) in [6.07, 6.45) is 15.4. The maximum atomic E-state index is 11.3. The van der Waals surface area contributed by atoms with Crippen molar-refractivity contribution >= 4 is 5.97 Å². The van der Waals surface area contributed by atoms with Crippen molar-refractivity contribution in [1.82, 2.24) is 0 Å². The zero-order valence-electron chi connectivity index (χ0n) is 15.1. The summed E-state index contributed by atoms with van der Waals surface area (Å²) in [4.78, 5) is 11.3. The smallest absolute Gasteiger partial charge is 0.330 e. The minimum absolute atomic E-state index is 0.125. The molecular weight excluding hydrogens is 296 g/mol. The van der Waals surface area contributed by atoms with Gasteiger partial charge in [0.1, 0.15) is 6.10 Å². The van der Waals surface area contributed by atoms with Crippen LogP contribution >= 0.6 is 0 Å². The Balaban J connectivity index is 1.38. The van der Waals surface area contributed by atoms with Crippen LogP contribution in [-0.4, -0.2) is 12.1 Å². The lowest BCUT2D eigenvalue weighted by atomic mass is 10.00. The number of hydrogen-bond donors (Lipinski definition) is 0. The van der Waals surface area contributed by atoms with Gasteiger partial charge in [-0.05, 0) is 38.2 Å². The van der Waals surface area contributed by atoms with Crippen LogP contribution in [0, 0.1) is 0 Å². The molecule has 1 heterocycles. The number of ether oxygens (including phenoxy) is 1. The predicted octanol–water partition coefficient (Wildman–Crippen LogP) is 6.00. The molecule has 1 atom stereocenters. The Hall–Kier alpha value is -1.57. The quantitative estimate of drug-likeness (QED) is 0.368. The third kappa shape index (κ3) is 7.81. The van der Waals surface area contributed by atoms with Crippen LogP contribution in [0.5, 0.6) is 0 Å². The molecule has 0 spiro atoms. The van der Waals surface area contributed by atoms with E-state index in [0.29, 0.717) is 0 Å². The molecule has 1 aliphatic rings.